The van der Waals surface area contributed by atoms with E-state index in [0.717, 1.165) is 29.7 Å². The number of carbonyl (C=O) groups is 2. The van der Waals surface area contributed by atoms with Crippen LogP contribution in [0.3, 0.4) is 0 Å². The second-order valence-corrected chi connectivity index (χ2v) is 10.7. The first-order chi connectivity index (χ1) is 20.2. The third kappa shape index (κ3) is 7.30. The van der Waals surface area contributed by atoms with Gasteiger partial charge in [-0.15, -0.1) is 5.10 Å². The number of benzene rings is 3. The molecular formula is C32H37Cl2N5O3. The Morgan fingerprint density at radius 1 is 1.00 bits per heavy atom. The number of carboxylic acid groups (broad SMARTS) is 1. The Morgan fingerprint density at radius 3 is 2.21 bits per heavy atom. The Kier molecular flexibility index (Phi) is 11.5. The van der Waals surface area contributed by atoms with Crippen molar-refractivity contribution in [2.45, 2.75) is 38.6 Å². The summed E-state index contributed by atoms with van der Waals surface area (Å²) in [5.74, 6) is -0.473. The van der Waals surface area contributed by atoms with E-state index in [4.69, 9.17) is 38.2 Å². The molecule has 1 spiro atoms. The van der Waals surface area contributed by atoms with Gasteiger partial charge in [0.15, 0.2) is 0 Å². The van der Waals surface area contributed by atoms with Gasteiger partial charge in [-0.3, -0.25) is 9.80 Å². The summed E-state index contributed by atoms with van der Waals surface area (Å²) in [6, 6.07) is 23.8. The summed E-state index contributed by atoms with van der Waals surface area (Å²) in [5.41, 5.74) is 5.19. The first kappa shape index (κ1) is 32.6. The van der Waals surface area contributed by atoms with Crippen molar-refractivity contribution in [2.75, 3.05) is 27.2 Å². The molecule has 222 valence electrons. The van der Waals surface area contributed by atoms with E-state index >= 15 is 0 Å². The average molecular weight is 611 g/mol. The van der Waals surface area contributed by atoms with Crippen LogP contribution in [0.5, 0.6) is 0 Å². The fourth-order valence-corrected chi connectivity index (χ4v) is 5.63. The summed E-state index contributed by atoms with van der Waals surface area (Å²) in [6.07, 6.45) is 1.85. The van der Waals surface area contributed by atoms with E-state index in [0.29, 0.717) is 29.1 Å². The number of aryl methyl sites for hydroxylation is 1. The van der Waals surface area contributed by atoms with E-state index in [1.165, 1.54) is 11.1 Å². The fraction of sp³-hybridized carbons (Fsp3) is 0.312. The second-order valence-electron chi connectivity index (χ2n) is 9.84. The average Bonchev–Trinajstić information content (AvgIpc) is 3.56. The van der Waals surface area contributed by atoms with Crippen molar-refractivity contribution in [3.05, 3.63) is 105 Å². The number of carboxylic acids is 1. The molecule has 1 aliphatic carbocycles. The van der Waals surface area contributed by atoms with Crippen LogP contribution in [-0.4, -0.2) is 71.6 Å². The molecule has 1 N–H and O–H groups in total. The number of fused-ring (bicyclic) bond motifs is 2. The Hall–Kier alpha value is -3.88. The maximum atomic E-state index is 11.7. The smallest absolute Gasteiger partial charge is 0.323 e. The zero-order chi connectivity index (χ0) is 30.9. The molecule has 0 saturated heterocycles. The van der Waals surface area contributed by atoms with Gasteiger partial charge in [-0.2, -0.15) is 5.10 Å². The number of nitrogens with zero attached hydrogens (tertiary/aromatic N) is 5. The minimum absolute atomic E-state index is 0.209. The molecule has 1 atom stereocenters. The largest absolute Gasteiger partial charge is 0.480 e. The van der Waals surface area contributed by atoms with Crippen molar-refractivity contribution < 1.29 is 14.7 Å². The highest BCUT2D eigenvalue weighted by atomic mass is 35.5. The topological polar surface area (TPSA) is 88.8 Å². The molecule has 0 bridgehead atoms. The van der Waals surface area contributed by atoms with Gasteiger partial charge >= 0.3 is 5.97 Å². The number of halogens is 2. The Balaban J connectivity index is 0.00000116. The molecule has 5 rings (SSSR count). The van der Waals surface area contributed by atoms with Gasteiger partial charge in [-0.05, 0) is 59.4 Å². The minimum Gasteiger partial charge on any atom is -0.480 e. The summed E-state index contributed by atoms with van der Waals surface area (Å²) in [7, 11) is 3.60. The van der Waals surface area contributed by atoms with Gasteiger partial charge in [0.1, 0.15) is 13.3 Å². The highest BCUT2D eigenvalue weighted by Gasteiger charge is 2.50. The maximum absolute atomic E-state index is 11.7. The monoisotopic (exact) mass is 609 g/mol. The molecule has 42 heavy (non-hydrogen) atoms. The van der Waals surface area contributed by atoms with Gasteiger partial charge in [0, 0.05) is 24.1 Å². The third-order valence-corrected chi connectivity index (χ3v) is 7.60. The van der Waals surface area contributed by atoms with Crippen molar-refractivity contribution in [2.24, 2.45) is 10.2 Å². The van der Waals surface area contributed by atoms with Crippen LogP contribution in [0.4, 0.5) is 0 Å². The lowest BCUT2D eigenvalue weighted by atomic mass is 9.75. The summed E-state index contributed by atoms with van der Waals surface area (Å²) < 4.78 is 0. The van der Waals surface area contributed by atoms with E-state index in [-0.39, 0.29) is 12.0 Å². The molecule has 0 saturated carbocycles. The quantitative estimate of drug-likeness (QED) is 0.205. The van der Waals surface area contributed by atoms with E-state index in [1.807, 2.05) is 81.2 Å². The van der Waals surface area contributed by atoms with E-state index in [1.54, 1.807) is 17.0 Å². The van der Waals surface area contributed by atoms with Crippen LogP contribution in [-0.2, 0) is 28.0 Å². The molecule has 0 fully saturated rings. The summed E-state index contributed by atoms with van der Waals surface area (Å²) in [6.45, 7) is 6.87. The summed E-state index contributed by atoms with van der Waals surface area (Å²) >= 11 is 12.3. The van der Waals surface area contributed by atoms with Crippen molar-refractivity contribution in [1.29, 1.82) is 0 Å². The predicted octanol–water partition coefficient (Wildman–Crippen LogP) is 6.16. The zero-order valence-electron chi connectivity index (χ0n) is 24.4. The second kappa shape index (κ2) is 14.8. The van der Waals surface area contributed by atoms with Gasteiger partial charge in [0.2, 0.25) is 5.96 Å². The van der Waals surface area contributed by atoms with Gasteiger partial charge in [0.25, 0.3) is 0 Å². The third-order valence-electron chi connectivity index (χ3n) is 7.09. The summed E-state index contributed by atoms with van der Waals surface area (Å²) in [5, 5.41) is 24.5. The number of likely N-dealkylation sites (N-methyl/N-ethyl adjacent to an activating group) is 1. The molecule has 0 radical (unpaired) electrons. The number of hydrogen-bond donors (Lipinski definition) is 1. The molecule has 3 aromatic rings. The predicted molar refractivity (Wildman–Crippen MR) is 170 cm³/mol. The number of hydrazone groups is 2. The molecule has 0 amide bonds. The lowest BCUT2D eigenvalue weighted by Gasteiger charge is -2.31. The highest BCUT2D eigenvalue weighted by Crippen LogP contribution is 2.45. The van der Waals surface area contributed by atoms with E-state index < -0.39 is 5.97 Å². The first-order valence-electron chi connectivity index (χ1n) is 13.7. The van der Waals surface area contributed by atoms with E-state index in [9.17, 15) is 9.90 Å². The van der Waals surface area contributed by atoms with Crippen LogP contribution >= 0.6 is 23.2 Å². The van der Waals surface area contributed by atoms with Crippen LogP contribution in [0.15, 0.2) is 83.0 Å². The van der Waals surface area contributed by atoms with E-state index in [2.05, 4.69) is 24.3 Å². The van der Waals surface area contributed by atoms with Crippen LogP contribution in [0.25, 0.3) is 0 Å². The Bertz CT molecular complexity index is 1410. The molecular weight excluding hydrogens is 573 g/mol. The van der Waals surface area contributed by atoms with Gasteiger partial charge in [0.05, 0.1) is 24.2 Å². The fourth-order valence-electron chi connectivity index (χ4n) is 5.38. The number of rotatable bonds is 6. The van der Waals surface area contributed by atoms with Crippen LogP contribution in [0.1, 0.15) is 42.5 Å². The molecule has 1 aliphatic heterocycles. The number of aliphatic carboxylic acids is 1. The molecule has 2 aliphatic rings. The standard InChI is InChI=1S/C29H29Cl2N5O2.C2H6.CH2O/c1-34(18-26(37)38)28(33-35(2)17-20-7-11-23(30)12-8-20)36-19-29(16-15-21-5-3-4-6-25(21)29)27(32-36)22-9-13-24(31)14-10-22;2*1-2/h3-14H,15-19H2,1-2H3,(H,37,38);1-2H3;1H2/b33-28+;;. The minimum atomic E-state index is -0.942. The van der Waals surface area contributed by atoms with Gasteiger partial charge in [-0.1, -0.05) is 85.6 Å². The molecule has 1 heterocycles. The van der Waals surface area contributed by atoms with Crippen molar-refractivity contribution in [1.82, 2.24) is 14.9 Å². The van der Waals surface area contributed by atoms with Crippen LogP contribution in [0.2, 0.25) is 10.0 Å². The molecule has 1 unspecified atom stereocenters. The molecule has 0 aromatic heterocycles. The SMILES string of the molecule is C=O.CC.CN(Cc1ccc(Cl)cc1)/N=C(\N(C)CC(=O)O)N1CC2(CCc3ccccc32)C(c2ccc(Cl)cc2)=N1. The number of hydrogen-bond acceptors (Lipinski definition) is 5. The molecule has 10 heteroatoms. The number of guanidine groups is 1. The van der Waals surface area contributed by atoms with Gasteiger partial charge < -0.3 is 14.8 Å². The van der Waals surface area contributed by atoms with Crippen molar-refractivity contribution in [3.63, 3.8) is 0 Å². The summed E-state index contributed by atoms with van der Waals surface area (Å²) in [4.78, 5) is 21.3. The first-order valence-corrected chi connectivity index (χ1v) is 14.5. The normalized spacial score (nSPS) is 17.0. The van der Waals surface area contributed by atoms with Gasteiger partial charge in [-0.25, -0.2) is 5.01 Å². The Labute approximate surface area is 257 Å². The highest BCUT2D eigenvalue weighted by molar-refractivity contribution is 6.31. The zero-order valence-corrected chi connectivity index (χ0v) is 25.9. The lowest BCUT2D eigenvalue weighted by Crippen LogP contribution is -2.45. The van der Waals surface area contributed by atoms with Crippen LogP contribution < -0.4 is 0 Å². The lowest BCUT2D eigenvalue weighted by molar-refractivity contribution is -0.137. The maximum Gasteiger partial charge on any atom is 0.323 e. The van der Waals surface area contributed by atoms with Crippen molar-refractivity contribution in [3.8, 4) is 0 Å². The number of carbonyl (C=O) groups excluding carboxylic acids is 1. The Morgan fingerprint density at radius 2 is 1.60 bits per heavy atom. The molecule has 3 aromatic carbocycles. The van der Waals surface area contributed by atoms with Crippen molar-refractivity contribution >= 4 is 47.6 Å². The van der Waals surface area contributed by atoms with Crippen LogP contribution in [0, 0.1) is 0 Å². The molecule has 8 nitrogen and oxygen atoms in total.